The summed E-state index contributed by atoms with van der Waals surface area (Å²) in [5.74, 6) is -0.842. The first-order chi connectivity index (χ1) is 38.2. The molecule has 0 aliphatic heterocycles. The first-order valence-electron chi connectivity index (χ1n) is 28.8. The van der Waals surface area contributed by atoms with Crippen molar-refractivity contribution >= 4 is 19.5 Å². The molecule has 0 spiro atoms. The van der Waals surface area contributed by atoms with E-state index in [0.29, 0.717) is 12.8 Å². The number of hydrogen-bond donors (Lipinski definition) is 1. The Balaban J connectivity index is 1.32. The topological polar surface area (TPSA) is 145 Å². The van der Waals surface area contributed by atoms with Crippen molar-refractivity contribution in [1.82, 2.24) is 0 Å². The Labute approximate surface area is 465 Å². The van der Waals surface area contributed by atoms with E-state index in [1.54, 1.807) is 0 Å². The van der Waals surface area contributed by atoms with Gasteiger partial charge in [0.25, 0.3) is 0 Å². The second-order valence-electron chi connectivity index (χ2n) is 20.6. The van der Waals surface area contributed by atoms with Gasteiger partial charge in [0.05, 0.1) is 39.2 Å². The minimum Gasteiger partial charge on any atom is -0.462 e. The van der Waals surface area contributed by atoms with Crippen LogP contribution < -0.4 is 0 Å². The predicted molar refractivity (Wildman–Crippen MR) is 305 cm³/mol. The SMILES string of the molecule is CCCCCCCCCC(=O)OCC(CCP(=O)(O)OC1[C@@H](OCc2ccccc2)[C@H](OCc2ccccc2)C(OCc2ccccc2)[C@H](OCc2ccccc2)[C@@H]1OCc1ccccc1)OC(=O)CCCCCCCCC. The van der Waals surface area contributed by atoms with Crippen LogP contribution in [0, 0.1) is 0 Å². The number of hydrogen-bond acceptors (Lipinski definition) is 11. The Morgan fingerprint density at radius 3 is 1.05 bits per heavy atom. The Hall–Kier alpha value is -5.01. The highest BCUT2D eigenvalue weighted by atomic mass is 31.2. The van der Waals surface area contributed by atoms with Gasteiger partial charge in [0.2, 0.25) is 0 Å². The van der Waals surface area contributed by atoms with Crippen LogP contribution in [-0.2, 0) is 84.9 Å². The molecule has 13 heteroatoms. The summed E-state index contributed by atoms with van der Waals surface area (Å²) in [6, 6.07) is 48.7. The lowest BCUT2D eigenvalue weighted by Gasteiger charge is -2.50. The van der Waals surface area contributed by atoms with Crippen molar-refractivity contribution in [3.8, 4) is 0 Å². The van der Waals surface area contributed by atoms with E-state index in [0.717, 1.165) is 72.8 Å². The van der Waals surface area contributed by atoms with Crippen molar-refractivity contribution in [2.45, 2.75) is 199 Å². The number of unbranched alkanes of at least 4 members (excludes halogenated alkanes) is 12. The normalized spacial score (nSPS) is 19.4. The molecular weight excluding hydrogens is 1000 g/mol. The lowest BCUT2D eigenvalue weighted by atomic mass is 9.83. The summed E-state index contributed by atoms with van der Waals surface area (Å²) in [5.41, 5.74) is 4.43. The average molecular weight is 1090 g/mol. The first-order valence-corrected chi connectivity index (χ1v) is 30.6. The summed E-state index contributed by atoms with van der Waals surface area (Å²) in [5, 5.41) is 0. The van der Waals surface area contributed by atoms with Crippen molar-refractivity contribution in [2.75, 3.05) is 12.8 Å². The molecule has 0 bridgehead atoms. The Bertz CT molecular complexity index is 2300. The molecular formula is C65H87O12P. The number of esters is 2. The monoisotopic (exact) mass is 1090 g/mol. The smallest absolute Gasteiger partial charge is 0.328 e. The van der Waals surface area contributed by atoms with E-state index in [9.17, 15) is 14.5 Å². The van der Waals surface area contributed by atoms with E-state index < -0.39 is 68.4 Å². The van der Waals surface area contributed by atoms with Crippen molar-refractivity contribution in [3.05, 3.63) is 179 Å². The van der Waals surface area contributed by atoms with Gasteiger partial charge in [0.15, 0.2) is 0 Å². The maximum absolute atomic E-state index is 15.1. The molecule has 1 aliphatic rings. The van der Waals surface area contributed by atoms with E-state index >= 15 is 4.57 Å². The maximum Gasteiger partial charge on any atom is 0.328 e. The molecule has 0 aromatic heterocycles. The zero-order valence-corrected chi connectivity index (χ0v) is 47.2. The van der Waals surface area contributed by atoms with Crippen LogP contribution in [0.4, 0.5) is 0 Å². The summed E-state index contributed by atoms with van der Waals surface area (Å²) in [6.45, 7) is 4.80. The molecule has 0 saturated heterocycles. The van der Waals surface area contributed by atoms with E-state index in [2.05, 4.69) is 13.8 Å². The van der Waals surface area contributed by atoms with E-state index in [-0.39, 0.29) is 58.9 Å². The van der Waals surface area contributed by atoms with Crippen LogP contribution in [-0.4, -0.2) is 72.3 Å². The molecule has 1 N–H and O–H groups in total. The number of ether oxygens (including phenoxy) is 7. The second kappa shape index (κ2) is 36.3. The fourth-order valence-corrected chi connectivity index (χ4v) is 11.0. The van der Waals surface area contributed by atoms with Gasteiger partial charge in [-0.3, -0.25) is 18.7 Å². The molecule has 8 atom stereocenters. The molecule has 0 amide bonds. The number of rotatable bonds is 39. The highest BCUT2D eigenvalue weighted by molar-refractivity contribution is 7.52. The quantitative estimate of drug-likeness (QED) is 0.0227. The lowest BCUT2D eigenvalue weighted by Crippen LogP contribution is -2.67. The van der Waals surface area contributed by atoms with Crippen LogP contribution in [0.1, 0.15) is 151 Å². The molecule has 6 rings (SSSR count). The van der Waals surface area contributed by atoms with Crippen molar-refractivity contribution in [3.63, 3.8) is 0 Å². The third-order valence-corrected chi connectivity index (χ3v) is 15.5. The minimum atomic E-state index is -4.68. The van der Waals surface area contributed by atoms with Gasteiger partial charge in [0.1, 0.15) is 49.3 Å². The summed E-state index contributed by atoms with van der Waals surface area (Å²) in [7, 11) is -4.68. The zero-order chi connectivity index (χ0) is 54.9. The number of carbonyl (C=O) groups excluding carboxylic acids is 2. The van der Waals surface area contributed by atoms with Gasteiger partial charge in [-0.25, -0.2) is 0 Å². The number of carbonyl (C=O) groups is 2. The van der Waals surface area contributed by atoms with Crippen LogP contribution in [0.25, 0.3) is 0 Å². The molecule has 0 radical (unpaired) electrons. The largest absolute Gasteiger partial charge is 0.462 e. The number of benzene rings is 5. The highest BCUT2D eigenvalue weighted by Gasteiger charge is 2.56. The van der Waals surface area contributed by atoms with Gasteiger partial charge in [-0.1, -0.05) is 243 Å². The predicted octanol–water partition coefficient (Wildman–Crippen LogP) is 14.6. The lowest BCUT2D eigenvalue weighted by molar-refractivity contribution is -0.279. The summed E-state index contributed by atoms with van der Waals surface area (Å²) in [6.07, 6.45) is 7.25. The van der Waals surface area contributed by atoms with Crippen molar-refractivity contribution < 1.29 is 56.7 Å². The molecule has 5 aromatic carbocycles. The fraction of sp³-hybridized carbons (Fsp3) is 0.508. The first kappa shape index (κ1) is 62.2. The van der Waals surface area contributed by atoms with Crippen LogP contribution >= 0.6 is 7.60 Å². The Kier molecular flexibility index (Phi) is 28.9. The van der Waals surface area contributed by atoms with Gasteiger partial charge in [-0.2, -0.15) is 0 Å². The Morgan fingerprint density at radius 1 is 0.423 bits per heavy atom. The van der Waals surface area contributed by atoms with Crippen molar-refractivity contribution in [1.29, 1.82) is 0 Å². The summed E-state index contributed by atoms with van der Waals surface area (Å²) >= 11 is 0. The van der Waals surface area contributed by atoms with Gasteiger partial charge in [-0.15, -0.1) is 0 Å². The van der Waals surface area contributed by atoms with Gasteiger partial charge in [0, 0.05) is 12.8 Å². The standard InChI is InChI=1S/C65H87O12P/c1-3-5-7-9-11-13-30-42-58(66)70-51-57(76-59(67)43-31-14-12-10-8-6-4-2)44-45-78(68,69)77-65-63(74-49-55-38-26-18-27-39-55)61(72-47-53-34-22-16-23-35-53)60(71-46-52-32-20-15-21-33-52)62(73-48-54-36-24-17-25-37-54)64(65)75-50-56-40-28-19-29-41-56/h15-29,32-41,57,60-65H,3-14,30-31,42-51H2,1-2H3,(H,68,69)/t57?,60?,61-,62+,63-,64-,65?/m0/s1. The van der Waals surface area contributed by atoms with Crippen LogP contribution in [0.5, 0.6) is 0 Å². The Morgan fingerprint density at radius 2 is 0.718 bits per heavy atom. The molecule has 78 heavy (non-hydrogen) atoms. The van der Waals surface area contributed by atoms with Crippen LogP contribution in [0.3, 0.4) is 0 Å². The molecule has 0 heterocycles. The highest BCUT2D eigenvalue weighted by Crippen LogP contribution is 2.49. The van der Waals surface area contributed by atoms with E-state index in [1.807, 2.05) is 152 Å². The molecule has 424 valence electrons. The molecule has 1 fully saturated rings. The molecule has 12 nitrogen and oxygen atoms in total. The van der Waals surface area contributed by atoms with Crippen molar-refractivity contribution in [2.24, 2.45) is 0 Å². The molecule has 5 aromatic rings. The van der Waals surface area contributed by atoms with Gasteiger partial charge in [-0.05, 0) is 47.1 Å². The third kappa shape index (κ3) is 23.4. The van der Waals surface area contributed by atoms with Gasteiger partial charge < -0.3 is 38.1 Å². The average Bonchev–Trinajstić information content (AvgIpc) is 3.46. The molecule has 1 aliphatic carbocycles. The maximum atomic E-state index is 15.1. The molecule has 4 unspecified atom stereocenters. The van der Waals surface area contributed by atoms with E-state index in [4.69, 9.17) is 37.7 Å². The van der Waals surface area contributed by atoms with Crippen LogP contribution in [0.2, 0.25) is 0 Å². The second-order valence-corrected chi connectivity index (χ2v) is 22.5. The summed E-state index contributed by atoms with van der Waals surface area (Å²) in [4.78, 5) is 38.8. The molecule has 1 saturated carbocycles. The minimum absolute atomic E-state index is 0.0969. The summed E-state index contributed by atoms with van der Waals surface area (Å²) < 4.78 is 68.3. The fourth-order valence-electron chi connectivity index (χ4n) is 9.71. The third-order valence-electron chi connectivity index (χ3n) is 14.1. The van der Waals surface area contributed by atoms with Gasteiger partial charge >= 0.3 is 19.5 Å². The zero-order valence-electron chi connectivity index (χ0n) is 46.3. The van der Waals surface area contributed by atoms with Crippen LogP contribution in [0.15, 0.2) is 152 Å². The van der Waals surface area contributed by atoms with E-state index in [1.165, 1.54) is 32.1 Å².